The molecule has 0 unspecified atom stereocenters. The van der Waals surface area contributed by atoms with Crippen molar-refractivity contribution in [3.05, 3.63) is 45.3 Å². The van der Waals surface area contributed by atoms with Gasteiger partial charge in [0, 0.05) is 17.2 Å². The van der Waals surface area contributed by atoms with E-state index in [0.717, 1.165) is 33.0 Å². The van der Waals surface area contributed by atoms with Crippen LogP contribution in [0.2, 0.25) is 0 Å². The second kappa shape index (κ2) is 6.28. The summed E-state index contributed by atoms with van der Waals surface area (Å²) in [6, 6.07) is 6.73. The van der Waals surface area contributed by atoms with Crippen molar-refractivity contribution >= 4 is 27.9 Å². The van der Waals surface area contributed by atoms with Gasteiger partial charge in [-0.05, 0) is 43.4 Å². The Morgan fingerprint density at radius 2 is 2.12 bits per heavy atom. The highest BCUT2D eigenvalue weighted by Crippen LogP contribution is 2.30. The van der Waals surface area contributed by atoms with Crippen molar-refractivity contribution in [2.45, 2.75) is 57.4 Å². The molecule has 2 aromatic rings. The zero-order valence-electron chi connectivity index (χ0n) is 14.1. The first-order valence-corrected chi connectivity index (χ1v) is 9.60. The van der Waals surface area contributed by atoms with E-state index in [1.807, 2.05) is 13.8 Å². The third kappa shape index (κ3) is 2.86. The van der Waals surface area contributed by atoms with Crippen LogP contribution in [0.4, 0.5) is 0 Å². The zero-order valence-corrected chi connectivity index (χ0v) is 14.9. The van der Waals surface area contributed by atoms with Crippen LogP contribution in [0.5, 0.6) is 0 Å². The molecule has 4 rings (SSSR count). The van der Waals surface area contributed by atoms with Crippen molar-refractivity contribution in [3.63, 3.8) is 0 Å². The number of fused-ring (bicyclic) bond motifs is 2. The van der Waals surface area contributed by atoms with Crippen LogP contribution in [0.15, 0.2) is 32.4 Å². The molecule has 0 bridgehead atoms. The first-order chi connectivity index (χ1) is 11.6. The molecule has 1 saturated carbocycles. The standard InChI is InChI=1S/C19H22N2O2S/c1-11-7-8-14-13(9-17(22)23-18(14)12(11)2)10-24-19-20-15-5-3-4-6-16(15)21-19/h7-9,15-16H,3-6,10H2,1-2H3,(H,20,21)/t15-,16-/m0/s1. The lowest BCUT2D eigenvalue weighted by molar-refractivity contribution is 0.385. The Hall–Kier alpha value is -1.75. The molecule has 126 valence electrons. The average Bonchev–Trinajstić information content (AvgIpc) is 2.99. The molecule has 1 aromatic heterocycles. The number of hydrogen-bond donors (Lipinski definition) is 1. The molecule has 0 spiro atoms. The van der Waals surface area contributed by atoms with Gasteiger partial charge in [0.2, 0.25) is 0 Å². The molecule has 1 aromatic carbocycles. The minimum Gasteiger partial charge on any atom is -0.422 e. The lowest BCUT2D eigenvalue weighted by atomic mass is 9.92. The molecule has 24 heavy (non-hydrogen) atoms. The van der Waals surface area contributed by atoms with Crippen LogP contribution in [0.25, 0.3) is 11.0 Å². The molecule has 1 fully saturated rings. The summed E-state index contributed by atoms with van der Waals surface area (Å²) < 4.78 is 5.45. The zero-order chi connectivity index (χ0) is 16.7. The summed E-state index contributed by atoms with van der Waals surface area (Å²) in [5.41, 5.74) is 3.64. The molecule has 5 heteroatoms. The molecule has 0 amide bonds. The molecule has 1 aliphatic heterocycles. The van der Waals surface area contributed by atoms with Crippen molar-refractivity contribution < 1.29 is 4.42 Å². The molecule has 2 aliphatic rings. The predicted molar refractivity (Wildman–Crippen MR) is 99.9 cm³/mol. The summed E-state index contributed by atoms with van der Waals surface area (Å²) in [5.74, 6) is 0.732. The van der Waals surface area contributed by atoms with Gasteiger partial charge in [-0.2, -0.15) is 0 Å². The molecular weight excluding hydrogens is 320 g/mol. The van der Waals surface area contributed by atoms with E-state index >= 15 is 0 Å². The van der Waals surface area contributed by atoms with E-state index < -0.39 is 0 Å². The molecule has 2 atom stereocenters. The fraction of sp³-hybridized carbons (Fsp3) is 0.474. The number of hydrogen-bond acceptors (Lipinski definition) is 5. The van der Waals surface area contributed by atoms with Gasteiger partial charge in [-0.25, -0.2) is 4.79 Å². The Morgan fingerprint density at radius 3 is 2.96 bits per heavy atom. The van der Waals surface area contributed by atoms with E-state index in [9.17, 15) is 4.79 Å². The molecular formula is C19H22N2O2S. The van der Waals surface area contributed by atoms with Crippen molar-refractivity contribution in [1.82, 2.24) is 5.32 Å². The first-order valence-electron chi connectivity index (χ1n) is 8.62. The van der Waals surface area contributed by atoms with Gasteiger partial charge >= 0.3 is 5.63 Å². The van der Waals surface area contributed by atoms with Gasteiger partial charge in [-0.15, -0.1) is 0 Å². The maximum atomic E-state index is 11.9. The fourth-order valence-electron chi connectivity index (χ4n) is 3.65. The smallest absolute Gasteiger partial charge is 0.336 e. The van der Waals surface area contributed by atoms with Crippen LogP contribution in [-0.2, 0) is 5.75 Å². The number of benzene rings is 1. The van der Waals surface area contributed by atoms with Crippen LogP contribution in [0.3, 0.4) is 0 Å². The van der Waals surface area contributed by atoms with Crippen LogP contribution in [0, 0.1) is 13.8 Å². The fourth-order valence-corrected chi connectivity index (χ4v) is 4.63. The second-order valence-corrected chi connectivity index (χ2v) is 7.76. The van der Waals surface area contributed by atoms with Gasteiger partial charge in [0.15, 0.2) is 5.17 Å². The van der Waals surface area contributed by atoms with Gasteiger partial charge in [-0.1, -0.05) is 36.7 Å². The molecule has 2 heterocycles. The second-order valence-electron chi connectivity index (χ2n) is 6.80. The van der Waals surface area contributed by atoms with E-state index in [1.165, 1.54) is 25.7 Å². The van der Waals surface area contributed by atoms with Crippen molar-refractivity contribution in [3.8, 4) is 0 Å². The van der Waals surface area contributed by atoms with Crippen LogP contribution in [0.1, 0.15) is 42.4 Å². The number of nitrogens with zero attached hydrogens (tertiary/aromatic N) is 1. The number of nitrogens with one attached hydrogen (secondary N) is 1. The Kier molecular flexibility index (Phi) is 4.12. The normalized spacial score (nSPS) is 23.0. The van der Waals surface area contributed by atoms with Crippen molar-refractivity contribution in [2.75, 3.05) is 0 Å². The van der Waals surface area contributed by atoms with Gasteiger partial charge < -0.3 is 9.73 Å². The van der Waals surface area contributed by atoms with Crippen molar-refractivity contribution in [1.29, 1.82) is 0 Å². The first kappa shape index (κ1) is 15.8. The summed E-state index contributed by atoms with van der Waals surface area (Å²) in [7, 11) is 0. The van der Waals surface area contributed by atoms with Gasteiger partial charge in [0.25, 0.3) is 0 Å². The number of amidine groups is 1. The lowest BCUT2D eigenvalue weighted by Crippen LogP contribution is -2.36. The maximum Gasteiger partial charge on any atom is 0.336 e. The van der Waals surface area contributed by atoms with Crippen LogP contribution >= 0.6 is 11.8 Å². The SMILES string of the molecule is Cc1ccc2c(CSC3=N[C@H]4CCCC[C@@H]4N3)cc(=O)oc2c1C. The van der Waals surface area contributed by atoms with E-state index in [2.05, 4.69) is 17.4 Å². The van der Waals surface area contributed by atoms with E-state index in [1.54, 1.807) is 17.8 Å². The molecule has 4 nitrogen and oxygen atoms in total. The Balaban J connectivity index is 1.59. The largest absolute Gasteiger partial charge is 0.422 e. The minimum absolute atomic E-state index is 0.276. The van der Waals surface area contributed by atoms with Crippen LogP contribution < -0.4 is 10.9 Å². The minimum atomic E-state index is -0.276. The quantitative estimate of drug-likeness (QED) is 0.841. The van der Waals surface area contributed by atoms with E-state index in [-0.39, 0.29) is 5.63 Å². The summed E-state index contributed by atoms with van der Waals surface area (Å²) >= 11 is 1.70. The van der Waals surface area contributed by atoms with Gasteiger partial charge in [0.05, 0.1) is 12.1 Å². The summed E-state index contributed by atoms with van der Waals surface area (Å²) in [5, 5.41) is 5.61. The molecule has 1 aliphatic carbocycles. The Labute approximate surface area is 145 Å². The van der Waals surface area contributed by atoms with Crippen molar-refractivity contribution in [2.24, 2.45) is 4.99 Å². The third-order valence-corrected chi connectivity index (χ3v) is 6.16. The third-order valence-electron chi connectivity index (χ3n) is 5.20. The monoisotopic (exact) mass is 342 g/mol. The molecule has 0 radical (unpaired) electrons. The Morgan fingerprint density at radius 1 is 1.29 bits per heavy atom. The topological polar surface area (TPSA) is 54.6 Å². The van der Waals surface area contributed by atoms with Gasteiger partial charge in [0.1, 0.15) is 5.58 Å². The molecule has 1 N–H and O–H groups in total. The number of rotatable bonds is 2. The summed E-state index contributed by atoms with van der Waals surface area (Å²) in [6.45, 7) is 4.04. The highest BCUT2D eigenvalue weighted by Gasteiger charge is 2.30. The number of aliphatic imine (C=N–C) groups is 1. The predicted octanol–water partition coefficient (Wildman–Crippen LogP) is 3.91. The maximum absolute atomic E-state index is 11.9. The highest BCUT2D eigenvalue weighted by molar-refractivity contribution is 8.13. The summed E-state index contributed by atoms with van der Waals surface area (Å²) in [6.07, 6.45) is 4.99. The lowest BCUT2D eigenvalue weighted by Gasteiger charge is -2.23. The average molecular weight is 342 g/mol. The molecule has 0 saturated heterocycles. The van der Waals surface area contributed by atoms with E-state index in [0.29, 0.717) is 17.7 Å². The van der Waals surface area contributed by atoms with Crippen LogP contribution in [-0.4, -0.2) is 17.3 Å². The number of thioether (sulfide) groups is 1. The number of aryl methyl sites for hydroxylation is 2. The van der Waals surface area contributed by atoms with E-state index in [4.69, 9.17) is 9.41 Å². The Bertz CT molecular complexity index is 872. The highest BCUT2D eigenvalue weighted by atomic mass is 32.2. The van der Waals surface area contributed by atoms with Gasteiger partial charge in [-0.3, -0.25) is 4.99 Å². The summed E-state index contributed by atoms with van der Waals surface area (Å²) in [4.78, 5) is 16.8.